The average molecular weight is 168 g/mol. The van der Waals surface area contributed by atoms with Gasteiger partial charge < -0.3 is 5.32 Å². The molecule has 0 aromatic carbocycles. The quantitative estimate of drug-likeness (QED) is 0.630. The molecule has 2 heteroatoms. The van der Waals surface area contributed by atoms with Crippen LogP contribution in [0.3, 0.4) is 0 Å². The van der Waals surface area contributed by atoms with Crippen LogP contribution in [0.25, 0.3) is 0 Å². The second-order valence-electron chi connectivity index (χ2n) is 4.12. The molecule has 0 aromatic rings. The van der Waals surface area contributed by atoms with Gasteiger partial charge in [-0.25, -0.2) is 0 Å². The summed E-state index contributed by atoms with van der Waals surface area (Å²) in [7, 11) is 0. The third kappa shape index (κ3) is 1.50. The highest BCUT2D eigenvalue weighted by molar-refractivity contribution is 4.88. The van der Waals surface area contributed by atoms with Gasteiger partial charge >= 0.3 is 0 Å². The van der Waals surface area contributed by atoms with Crippen molar-refractivity contribution in [3.63, 3.8) is 0 Å². The first-order valence-electron chi connectivity index (χ1n) is 5.36. The molecular weight excluding hydrogens is 148 g/mol. The van der Waals surface area contributed by atoms with Crippen LogP contribution in [0, 0.1) is 5.92 Å². The molecule has 12 heavy (non-hydrogen) atoms. The third-order valence-electron chi connectivity index (χ3n) is 3.47. The van der Waals surface area contributed by atoms with E-state index in [0.29, 0.717) is 0 Å². The van der Waals surface area contributed by atoms with Crippen LogP contribution in [-0.4, -0.2) is 37.1 Å². The Hall–Kier alpha value is -0.0800. The highest BCUT2D eigenvalue weighted by atomic mass is 15.2. The lowest BCUT2D eigenvalue weighted by Gasteiger charge is -2.27. The second kappa shape index (κ2) is 3.75. The molecule has 0 saturated carbocycles. The van der Waals surface area contributed by atoms with Crippen LogP contribution < -0.4 is 5.32 Å². The van der Waals surface area contributed by atoms with Crippen molar-refractivity contribution < 1.29 is 0 Å². The first-order valence-corrected chi connectivity index (χ1v) is 5.36. The fourth-order valence-electron chi connectivity index (χ4n) is 2.73. The summed E-state index contributed by atoms with van der Waals surface area (Å²) in [6, 6.07) is 0.907. The maximum Gasteiger partial charge on any atom is 0.0136 e. The van der Waals surface area contributed by atoms with Crippen molar-refractivity contribution in [2.24, 2.45) is 5.92 Å². The summed E-state index contributed by atoms with van der Waals surface area (Å²) in [5.41, 5.74) is 0. The number of nitrogens with zero attached hydrogens (tertiary/aromatic N) is 1. The summed E-state index contributed by atoms with van der Waals surface area (Å²) < 4.78 is 0. The smallest absolute Gasteiger partial charge is 0.0136 e. The van der Waals surface area contributed by atoms with E-state index in [1.807, 2.05) is 0 Å². The van der Waals surface area contributed by atoms with Crippen LogP contribution in [0.2, 0.25) is 0 Å². The Balaban J connectivity index is 2.02. The maximum absolute atomic E-state index is 3.54. The Morgan fingerprint density at radius 2 is 2.33 bits per heavy atom. The fourth-order valence-corrected chi connectivity index (χ4v) is 2.73. The van der Waals surface area contributed by atoms with E-state index in [9.17, 15) is 0 Å². The number of rotatable bonds is 1. The summed E-state index contributed by atoms with van der Waals surface area (Å²) in [5.74, 6) is 0.912. The third-order valence-corrected chi connectivity index (χ3v) is 3.47. The summed E-state index contributed by atoms with van der Waals surface area (Å²) in [4.78, 5) is 2.69. The molecule has 2 aliphatic heterocycles. The first kappa shape index (κ1) is 8.52. The zero-order chi connectivity index (χ0) is 8.39. The molecule has 2 saturated heterocycles. The van der Waals surface area contributed by atoms with Crippen LogP contribution in [0.15, 0.2) is 0 Å². The van der Waals surface area contributed by atoms with E-state index >= 15 is 0 Å². The number of hydrogen-bond acceptors (Lipinski definition) is 2. The van der Waals surface area contributed by atoms with Crippen molar-refractivity contribution in [2.45, 2.75) is 32.2 Å². The average Bonchev–Trinajstić information content (AvgIpc) is 2.46. The van der Waals surface area contributed by atoms with Crippen molar-refractivity contribution in [2.75, 3.05) is 26.2 Å². The molecule has 2 unspecified atom stereocenters. The van der Waals surface area contributed by atoms with Crippen molar-refractivity contribution in [1.82, 2.24) is 10.2 Å². The molecule has 70 valence electrons. The van der Waals surface area contributed by atoms with E-state index in [4.69, 9.17) is 0 Å². The molecule has 0 spiro atoms. The predicted octanol–water partition coefficient (Wildman–Crippen LogP) is 1.08. The molecule has 2 nitrogen and oxygen atoms in total. The van der Waals surface area contributed by atoms with E-state index in [-0.39, 0.29) is 0 Å². The largest absolute Gasteiger partial charge is 0.315 e. The number of hydrogen-bond donors (Lipinski definition) is 1. The normalized spacial score (nSPS) is 37.8. The van der Waals surface area contributed by atoms with Crippen LogP contribution in [0.1, 0.15) is 26.2 Å². The molecule has 2 heterocycles. The van der Waals surface area contributed by atoms with Crippen molar-refractivity contribution >= 4 is 0 Å². The van der Waals surface area contributed by atoms with E-state index in [1.165, 1.54) is 45.4 Å². The van der Waals surface area contributed by atoms with Gasteiger partial charge in [0.1, 0.15) is 0 Å². The Kier molecular flexibility index (Phi) is 2.66. The SMILES string of the molecule is CCC1CNCCN2CCCC12. The molecule has 2 aliphatic rings. The summed E-state index contributed by atoms with van der Waals surface area (Å²) in [6.07, 6.45) is 4.22. The Morgan fingerprint density at radius 1 is 1.42 bits per heavy atom. The van der Waals surface area contributed by atoms with Gasteiger partial charge in [-0.15, -0.1) is 0 Å². The highest BCUT2D eigenvalue weighted by Gasteiger charge is 2.31. The van der Waals surface area contributed by atoms with Gasteiger partial charge in [-0.1, -0.05) is 13.3 Å². The van der Waals surface area contributed by atoms with Gasteiger partial charge in [0.05, 0.1) is 0 Å². The first-order chi connectivity index (χ1) is 5.92. The van der Waals surface area contributed by atoms with Crippen LogP contribution >= 0.6 is 0 Å². The maximum atomic E-state index is 3.54. The topological polar surface area (TPSA) is 15.3 Å². The van der Waals surface area contributed by atoms with Gasteiger partial charge in [0.2, 0.25) is 0 Å². The Morgan fingerprint density at radius 3 is 3.17 bits per heavy atom. The zero-order valence-electron chi connectivity index (χ0n) is 8.05. The van der Waals surface area contributed by atoms with E-state index in [2.05, 4.69) is 17.1 Å². The van der Waals surface area contributed by atoms with Gasteiger partial charge in [0.15, 0.2) is 0 Å². The molecular formula is C10H20N2. The number of nitrogens with one attached hydrogen (secondary N) is 1. The monoisotopic (exact) mass is 168 g/mol. The Labute approximate surface area is 75.3 Å². The fraction of sp³-hybridized carbons (Fsp3) is 1.00. The summed E-state index contributed by atoms with van der Waals surface area (Å²) >= 11 is 0. The molecule has 0 radical (unpaired) electrons. The van der Waals surface area contributed by atoms with Gasteiger partial charge in [0, 0.05) is 19.1 Å². The standard InChI is InChI=1S/C10H20N2/c1-2-9-8-11-5-7-12-6-3-4-10(9)12/h9-11H,2-8H2,1H3. The van der Waals surface area contributed by atoms with Gasteiger partial charge in [0.25, 0.3) is 0 Å². The second-order valence-corrected chi connectivity index (χ2v) is 4.12. The van der Waals surface area contributed by atoms with Crippen LogP contribution in [0.4, 0.5) is 0 Å². The minimum atomic E-state index is 0.907. The van der Waals surface area contributed by atoms with E-state index in [1.54, 1.807) is 0 Å². The number of fused-ring (bicyclic) bond motifs is 1. The van der Waals surface area contributed by atoms with E-state index in [0.717, 1.165) is 12.0 Å². The van der Waals surface area contributed by atoms with Crippen LogP contribution in [-0.2, 0) is 0 Å². The minimum absolute atomic E-state index is 0.907. The molecule has 0 aromatic heterocycles. The van der Waals surface area contributed by atoms with Crippen molar-refractivity contribution in [3.8, 4) is 0 Å². The lowest BCUT2D eigenvalue weighted by molar-refractivity contribution is 0.212. The van der Waals surface area contributed by atoms with E-state index < -0.39 is 0 Å². The lowest BCUT2D eigenvalue weighted by Crippen LogP contribution is -2.35. The minimum Gasteiger partial charge on any atom is -0.315 e. The highest BCUT2D eigenvalue weighted by Crippen LogP contribution is 2.26. The lowest BCUT2D eigenvalue weighted by atomic mass is 9.95. The summed E-state index contributed by atoms with van der Waals surface area (Å²) in [5, 5.41) is 3.54. The van der Waals surface area contributed by atoms with Crippen LogP contribution in [0.5, 0.6) is 0 Å². The molecule has 2 rings (SSSR count). The summed E-state index contributed by atoms with van der Waals surface area (Å²) in [6.45, 7) is 7.41. The molecule has 0 bridgehead atoms. The molecule has 0 amide bonds. The molecule has 0 aliphatic carbocycles. The van der Waals surface area contributed by atoms with Gasteiger partial charge in [-0.2, -0.15) is 0 Å². The van der Waals surface area contributed by atoms with Crippen molar-refractivity contribution in [1.29, 1.82) is 0 Å². The predicted molar refractivity (Wildman–Crippen MR) is 51.2 cm³/mol. The zero-order valence-corrected chi connectivity index (χ0v) is 8.05. The van der Waals surface area contributed by atoms with Gasteiger partial charge in [-0.05, 0) is 31.8 Å². The molecule has 1 N–H and O–H groups in total. The molecule has 2 atom stereocenters. The Bertz CT molecular complexity index is 147. The van der Waals surface area contributed by atoms with Crippen molar-refractivity contribution in [3.05, 3.63) is 0 Å². The molecule has 2 fully saturated rings. The van der Waals surface area contributed by atoms with Gasteiger partial charge in [-0.3, -0.25) is 4.90 Å².